The third-order valence-corrected chi connectivity index (χ3v) is 7.05. The first-order valence-electron chi connectivity index (χ1n) is 11.6. The molecule has 0 radical (unpaired) electrons. The number of halogens is 4. The van der Waals surface area contributed by atoms with Crippen LogP contribution in [-0.4, -0.2) is 37.2 Å². The van der Waals surface area contributed by atoms with Gasteiger partial charge in [0.15, 0.2) is 0 Å². The number of anilines is 4. The number of carbonyl (C=O) groups is 1. The predicted octanol–water partition coefficient (Wildman–Crippen LogP) is 7.88. The Bertz CT molecular complexity index is 1100. The molecule has 2 aliphatic rings. The SMILES string of the molecule is CC(C)(C)OC(=O)N1c2ccc(N3CCCC3)cc2Sc2cc(C(F)(F)F)cc(NCCCCl)c21. The first-order valence-corrected chi connectivity index (χ1v) is 13.0. The summed E-state index contributed by atoms with van der Waals surface area (Å²) in [7, 11) is 0. The smallest absolute Gasteiger partial charge is 0.419 e. The molecule has 2 aromatic carbocycles. The van der Waals surface area contributed by atoms with E-state index in [9.17, 15) is 18.0 Å². The van der Waals surface area contributed by atoms with E-state index in [1.165, 1.54) is 16.7 Å². The van der Waals surface area contributed by atoms with Gasteiger partial charge in [-0.05, 0) is 70.4 Å². The van der Waals surface area contributed by atoms with Gasteiger partial charge < -0.3 is 15.0 Å². The maximum atomic E-state index is 13.8. The number of rotatable bonds is 5. The summed E-state index contributed by atoms with van der Waals surface area (Å²) in [5.74, 6) is 0.362. The molecule has 2 aromatic rings. The van der Waals surface area contributed by atoms with Gasteiger partial charge in [0.05, 0.1) is 22.6 Å². The lowest BCUT2D eigenvalue weighted by Crippen LogP contribution is -2.36. The minimum absolute atomic E-state index is 0.215. The Morgan fingerprint density at radius 1 is 1.11 bits per heavy atom. The predicted molar refractivity (Wildman–Crippen MR) is 136 cm³/mol. The second-order valence-corrected chi connectivity index (χ2v) is 11.1. The fraction of sp³-hybridized carbons (Fsp3) is 0.480. The van der Waals surface area contributed by atoms with Crippen molar-refractivity contribution < 1.29 is 22.7 Å². The van der Waals surface area contributed by atoms with Crippen LogP contribution in [0.1, 0.15) is 45.6 Å². The van der Waals surface area contributed by atoms with Gasteiger partial charge >= 0.3 is 12.3 Å². The van der Waals surface area contributed by atoms with Crippen molar-refractivity contribution >= 4 is 52.2 Å². The molecule has 2 aliphatic heterocycles. The zero-order valence-electron chi connectivity index (χ0n) is 20.0. The van der Waals surface area contributed by atoms with Gasteiger partial charge in [-0.1, -0.05) is 11.8 Å². The molecule has 0 aromatic heterocycles. The Hall–Kier alpha value is -2.26. The molecule has 0 spiro atoms. The lowest BCUT2D eigenvalue weighted by molar-refractivity contribution is -0.137. The Balaban J connectivity index is 1.86. The van der Waals surface area contributed by atoms with Crippen molar-refractivity contribution in [3.63, 3.8) is 0 Å². The summed E-state index contributed by atoms with van der Waals surface area (Å²) in [6.45, 7) is 7.51. The van der Waals surface area contributed by atoms with Gasteiger partial charge in [-0.15, -0.1) is 11.6 Å². The maximum Gasteiger partial charge on any atom is 0.419 e. The molecular weight excluding hydrogens is 499 g/mol. The molecule has 190 valence electrons. The lowest BCUT2D eigenvalue weighted by atomic mass is 10.1. The van der Waals surface area contributed by atoms with Crippen LogP contribution in [0.3, 0.4) is 0 Å². The lowest BCUT2D eigenvalue weighted by Gasteiger charge is -2.35. The van der Waals surface area contributed by atoms with Crippen LogP contribution in [0, 0.1) is 0 Å². The standard InChI is InChI=1S/C25H29ClF3N3O2S/c1-24(2,3)34-23(33)32-19-8-7-17(31-11-4-5-12-31)15-20(19)35-21-14-16(25(27,28)29)13-18(22(21)32)30-10-6-9-26/h7-8,13-15,30H,4-6,9-12H2,1-3H3. The summed E-state index contributed by atoms with van der Waals surface area (Å²) in [6, 6.07) is 7.91. The van der Waals surface area contributed by atoms with Crippen molar-refractivity contribution in [2.24, 2.45) is 0 Å². The molecule has 4 rings (SSSR count). The number of fused-ring (bicyclic) bond motifs is 2. The monoisotopic (exact) mass is 527 g/mol. The van der Waals surface area contributed by atoms with Crippen LogP contribution in [-0.2, 0) is 10.9 Å². The molecule has 2 heterocycles. The number of nitrogens with one attached hydrogen (secondary N) is 1. The molecule has 1 saturated heterocycles. The fourth-order valence-corrected chi connectivity index (χ4v) is 5.48. The number of alkyl halides is 4. The number of hydrogen-bond donors (Lipinski definition) is 1. The van der Waals surface area contributed by atoms with Crippen molar-refractivity contribution in [2.45, 2.75) is 61.6 Å². The fourth-order valence-electron chi connectivity index (χ4n) is 4.18. The third kappa shape index (κ3) is 5.77. The molecule has 5 nitrogen and oxygen atoms in total. The van der Waals surface area contributed by atoms with Gasteiger partial charge in [0.1, 0.15) is 5.60 Å². The largest absolute Gasteiger partial charge is 0.443 e. The Kier molecular flexibility index (Phi) is 7.38. The van der Waals surface area contributed by atoms with Crippen molar-refractivity contribution in [1.82, 2.24) is 0 Å². The van der Waals surface area contributed by atoms with Crippen LogP contribution in [0.15, 0.2) is 40.1 Å². The summed E-state index contributed by atoms with van der Waals surface area (Å²) < 4.78 is 47.1. The molecule has 0 atom stereocenters. The maximum absolute atomic E-state index is 13.8. The number of nitrogens with zero attached hydrogens (tertiary/aromatic N) is 2. The van der Waals surface area contributed by atoms with Gasteiger partial charge in [-0.25, -0.2) is 9.69 Å². The van der Waals surface area contributed by atoms with E-state index in [0.717, 1.165) is 43.8 Å². The molecule has 10 heteroatoms. The van der Waals surface area contributed by atoms with Crippen LogP contribution >= 0.6 is 23.4 Å². The topological polar surface area (TPSA) is 44.8 Å². The van der Waals surface area contributed by atoms with E-state index < -0.39 is 23.4 Å². The highest BCUT2D eigenvalue weighted by Gasteiger charge is 2.38. The van der Waals surface area contributed by atoms with Crippen molar-refractivity contribution in [3.8, 4) is 0 Å². The second kappa shape index (κ2) is 10.0. The van der Waals surface area contributed by atoms with Gasteiger partial charge in [-0.3, -0.25) is 0 Å². The molecule has 0 aliphatic carbocycles. The zero-order valence-corrected chi connectivity index (χ0v) is 21.5. The number of amides is 1. The molecule has 1 amide bonds. The van der Waals surface area contributed by atoms with Gasteiger partial charge in [0.25, 0.3) is 0 Å². The van der Waals surface area contributed by atoms with E-state index >= 15 is 0 Å². The zero-order chi connectivity index (χ0) is 25.4. The number of hydrogen-bond acceptors (Lipinski definition) is 5. The Morgan fingerprint density at radius 2 is 1.83 bits per heavy atom. The summed E-state index contributed by atoms with van der Waals surface area (Å²) in [6.07, 6.45) is -2.42. The molecule has 1 N–H and O–H groups in total. The molecule has 0 unspecified atom stereocenters. The van der Waals surface area contributed by atoms with E-state index in [4.69, 9.17) is 16.3 Å². The number of carbonyl (C=O) groups excluding carboxylic acids is 1. The summed E-state index contributed by atoms with van der Waals surface area (Å²) in [4.78, 5) is 18.1. The molecule has 1 fully saturated rings. The van der Waals surface area contributed by atoms with Gasteiger partial charge in [-0.2, -0.15) is 13.2 Å². The molecule has 35 heavy (non-hydrogen) atoms. The average molecular weight is 528 g/mol. The van der Waals surface area contributed by atoms with Gasteiger partial charge in [0.2, 0.25) is 0 Å². The van der Waals surface area contributed by atoms with Crippen molar-refractivity contribution in [3.05, 3.63) is 35.9 Å². The summed E-state index contributed by atoms with van der Waals surface area (Å²) in [5, 5.41) is 3.07. The normalized spacial score (nSPS) is 15.6. The van der Waals surface area contributed by atoms with E-state index in [2.05, 4.69) is 10.2 Å². The average Bonchev–Trinajstić information content (AvgIpc) is 3.30. The minimum Gasteiger partial charge on any atom is -0.443 e. The number of benzene rings is 2. The van der Waals surface area contributed by atoms with Crippen LogP contribution in [0.5, 0.6) is 0 Å². The number of ether oxygens (including phenoxy) is 1. The van der Waals surface area contributed by atoms with Crippen LogP contribution in [0.2, 0.25) is 0 Å². The molecule has 0 saturated carbocycles. The van der Waals surface area contributed by atoms with E-state index in [-0.39, 0.29) is 5.69 Å². The second-order valence-electron chi connectivity index (χ2n) is 9.60. The quantitative estimate of drug-likeness (QED) is 0.316. The van der Waals surface area contributed by atoms with Crippen molar-refractivity contribution in [1.29, 1.82) is 0 Å². The van der Waals surface area contributed by atoms with Crippen LogP contribution in [0.25, 0.3) is 0 Å². The van der Waals surface area contributed by atoms with E-state index in [0.29, 0.717) is 40.0 Å². The summed E-state index contributed by atoms with van der Waals surface area (Å²) in [5.41, 5.74) is 0.588. The molecule has 0 bridgehead atoms. The molecular formula is C25H29ClF3N3O2S. The highest BCUT2D eigenvalue weighted by molar-refractivity contribution is 7.99. The van der Waals surface area contributed by atoms with Crippen LogP contribution in [0.4, 0.5) is 40.7 Å². The van der Waals surface area contributed by atoms with Gasteiger partial charge in [0, 0.05) is 41.0 Å². The highest BCUT2D eigenvalue weighted by Crippen LogP contribution is 2.54. The third-order valence-electron chi connectivity index (χ3n) is 5.70. The van der Waals surface area contributed by atoms with E-state index in [1.807, 2.05) is 18.2 Å². The summed E-state index contributed by atoms with van der Waals surface area (Å²) >= 11 is 7.03. The van der Waals surface area contributed by atoms with Crippen molar-refractivity contribution in [2.75, 3.05) is 40.6 Å². The van der Waals surface area contributed by atoms with E-state index in [1.54, 1.807) is 20.8 Å². The van der Waals surface area contributed by atoms with Crippen LogP contribution < -0.4 is 15.1 Å². The Labute approximate surface area is 212 Å². The first kappa shape index (κ1) is 25.8. The minimum atomic E-state index is -4.53. The first-order chi connectivity index (χ1) is 16.5. The Morgan fingerprint density at radius 3 is 2.46 bits per heavy atom. The highest BCUT2D eigenvalue weighted by atomic mass is 35.5.